The zero-order chi connectivity index (χ0) is 16.1. The molecule has 2 heterocycles. The Morgan fingerprint density at radius 2 is 1.91 bits per heavy atom. The minimum absolute atomic E-state index is 0.252. The van der Waals surface area contributed by atoms with E-state index in [0.717, 1.165) is 23.9 Å². The summed E-state index contributed by atoms with van der Waals surface area (Å²) in [5.41, 5.74) is 7.66. The SMILES string of the molecule is Cc1cc(F)c2cc(C(N)=O)n(C3CC[Si](C)(C)CC3)c2c1. The molecule has 1 amide bonds. The molecule has 3 rings (SSSR count). The molecule has 1 aliphatic rings. The molecule has 1 fully saturated rings. The van der Waals surface area contributed by atoms with E-state index in [1.165, 1.54) is 18.2 Å². The van der Waals surface area contributed by atoms with Crippen molar-refractivity contribution in [3.05, 3.63) is 35.3 Å². The molecule has 0 radical (unpaired) electrons. The number of primary amides is 1. The maximum absolute atomic E-state index is 14.2. The van der Waals surface area contributed by atoms with Gasteiger partial charge in [0.1, 0.15) is 11.5 Å². The number of nitrogens with zero attached hydrogens (tertiary/aromatic N) is 1. The van der Waals surface area contributed by atoms with E-state index >= 15 is 0 Å². The quantitative estimate of drug-likeness (QED) is 0.828. The molecule has 2 N–H and O–H groups in total. The van der Waals surface area contributed by atoms with Crippen molar-refractivity contribution in [2.45, 2.75) is 51.0 Å². The molecule has 1 aromatic heterocycles. The van der Waals surface area contributed by atoms with Crippen LogP contribution in [0.5, 0.6) is 0 Å². The van der Waals surface area contributed by atoms with Crippen molar-refractivity contribution < 1.29 is 9.18 Å². The predicted molar refractivity (Wildman–Crippen MR) is 90.5 cm³/mol. The third-order valence-corrected chi connectivity index (χ3v) is 8.26. The smallest absolute Gasteiger partial charge is 0.265 e. The Bertz CT molecular complexity index is 741. The van der Waals surface area contributed by atoms with Gasteiger partial charge in [-0.2, -0.15) is 0 Å². The molecular weight excluding hydrogens is 295 g/mol. The standard InChI is InChI=1S/C17H23FN2OSi/c1-11-8-14(18)13-10-16(17(19)21)20(15(13)9-11)12-4-6-22(2,3)7-5-12/h8-10,12H,4-7H2,1-3H3,(H2,19,21). The van der Waals surface area contributed by atoms with Gasteiger partial charge in [-0.15, -0.1) is 0 Å². The highest BCUT2D eigenvalue weighted by molar-refractivity contribution is 6.77. The number of carbonyl (C=O) groups is 1. The molecule has 3 nitrogen and oxygen atoms in total. The van der Waals surface area contributed by atoms with E-state index in [-0.39, 0.29) is 11.9 Å². The fourth-order valence-electron chi connectivity index (χ4n) is 3.64. The van der Waals surface area contributed by atoms with Crippen LogP contribution in [-0.2, 0) is 0 Å². The number of halogens is 1. The van der Waals surface area contributed by atoms with Crippen LogP contribution in [0.4, 0.5) is 4.39 Å². The number of benzene rings is 1. The molecule has 2 aromatic rings. The normalized spacial score (nSPS) is 18.7. The molecule has 0 atom stereocenters. The molecule has 1 aromatic carbocycles. The lowest BCUT2D eigenvalue weighted by Crippen LogP contribution is -2.33. The zero-order valence-corrected chi connectivity index (χ0v) is 14.4. The number of aryl methyl sites for hydroxylation is 1. The molecule has 22 heavy (non-hydrogen) atoms. The zero-order valence-electron chi connectivity index (χ0n) is 13.4. The minimum atomic E-state index is -1.08. The number of rotatable bonds is 2. The molecule has 0 bridgehead atoms. The van der Waals surface area contributed by atoms with E-state index < -0.39 is 14.0 Å². The molecular formula is C17H23FN2OSi. The Balaban J connectivity index is 2.15. The van der Waals surface area contributed by atoms with Crippen LogP contribution < -0.4 is 5.73 Å². The second-order valence-electron chi connectivity index (χ2n) is 7.34. The predicted octanol–water partition coefficient (Wildman–Crippen LogP) is 4.23. The number of amides is 1. The lowest BCUT2D eigenvalue weighted by molar-refractivity contribution is 0.0989. The van der Waals surface area contributed by atoms with Crippen molar-refractivity contribution in [3.63, 3.8) is 0 Å². The average molecular weight is 318 g/mol. The van der Waals surface area contributed by atoms with Gasteiger partial charge in [0, 0.05) is 19.5 Å². The summed E-state index contributed by atoms with van der Waals surface area (Å²) in [4.78, 5) is 11.8. The second-order valence-corrected chi connectivity index (χ2v) is 12.7. The molecule has 5 heteroatoms. The molecule has 0 saturated carbocycles. The van der Waals surface area contributed by atoms with E-state index in [4.69, 9.17) is 5.73 Å². The van der Waals surface area contributed by atoms with Crippen LogP contribution in [0.3, 0.4) is 0 Å². The van der Waals surface area contributed by atoms with Crippen LogP contribution in [0.2, 0.25) is 25.2 Å². The Morgan fingerprint density at radius 1 is 1.27 bits per heavy atom. The number of fused-ring (bicyclic) bond motifs is 1. The van der Waals surface area contributed by atoms with Gasteiger partial charge in [-0.3, -0.25) is 4.79 Å². The van der Waals surface area contributed by atoms with Crippen LogP contribution in [0.25, 0.3) is 10.9 Å². The van der Waals surface area contributed by atoms with Crippen molar-refractivity contribution in [2.24, 2.45) is 5.73 Å². The van der Waals surface area contributed by atoms with Gasteiger partial charge in [-0.1, -0.05) is 25.2 Å². The molecule has 0 aliphatic carbocycles. The van der Waals surface area contributed by atoms with Gasteiger partial charge in [0.25, 0.3) is 5.91 Å². The molecule has 118 valence electrons. The van der Waals surface area contributed by atoms with Crippen LogP contribution in [0, 0.1) is 12.7 Å². The van der Waals surface area contributed by atoms with Gasteiger partial charge in [-0.05, 0) is 43.5 Å². The monoisotopic (exact) mass is 318 g/mol. The molecule has 1 aliphatic heterocycles. The van der Waals surface area contributed by atoms with E-state index in [9.17, 15) is 9.18 Å². The lowest BCUT2D eigenvalue weighted by atomic mass is 10.1. The van der Waals surface area contributed by atoms with E-state index in [0.29, 0.717) is 11.1 Å². The topological polar surface area (TPSA) is 48.0 Å². The van der Waals surface area contributed by atoms with Crippen molar-refractivity contribution in [1.82, 2.24) is 4.57 Å². The van der Waals surface area contributed by atoms with E-state index in [1.54, 1.807) is 6.07 Å². The summed E-state index contributed by atoms with van der Waals surface area (Å²) in [5, 5.41) is 0.501. The number of aromatic nitrogens is 1. The summed E-state index contributed by atoms with van der Waals surface area (Å²) < 4.78 is 16.2. The first-order chi connectivity index (χ1) is 10.3. The van der Waals surface area contributed by atoms with Gasteiger partial charge in [0.05, 0.1) is 5.52 Å². The fourth-order valence-corrected chi connectivity index (χ4v) is 6.12. The second kappa shape index (κ2) is 5.23. The van der Waals surface area contributed by atoms with Crippen molar-refractivity contribution >= 4 is 24.9 Å². The van der Waals surface area contributed by atoms with Gasteiger partial charge in [0.15, 0.2) is 0 Å². The minimum Gasteiger partial charge on any atom is -0.364 e. The summed E-state index contributed by atoms with van der Waals surface area (Å²) in [5.74, 6) is -0.753. The highest BCUT2D eigenvalue weighted by Gasteiger charge is 2.31. The third kappa shape index (κ3) is 2.58. The van der Waals surface area contributed by atoms with Gasteiger partial charge in [0.2, 0.25) is 0 Å². The lowest BCUT2D eigenvalue weighted by Gasteiger charge is -2.34. The highest BCUT2D eigenvalue weighted by Crippen LogP contribution is 2.38. The fraction of sp³-hybridized carbons (Fsp3) is 0.471. The van der Waals surface area contributed by atoms with Crippen molar-refractivity contribution in [3.8, 4) is 0 Å². The number of hydrogen-bond donors (Lipinski definition) is 1. The summed E-state index contributed by atoms with van der Waals surface area (Å²) >= 11 is 0. The summed E-state index contributed by atoms with van der Waals surface area (Å²) in [7, 11) is -1.08. The largest absolute Gasteiger partial charge is 0.364 e. The number of carbonyl (C=O) groups excluding carboxylic acids is 1. The Hall–Kier alpha value is -1.62. The molecule has 0 unspecified atom stereocenters. The number of nitrogens with two attached hydrogens (primary N) is 1. The highest BCUT2D eigenvalue weighted by atomic mass is 28.3. The van der Waals surface area contributed by atoms with E-state index in [2.05, 4.69) is 13.1 Å². The van der Waals surface area contributed by atoms with Crippen LogP contribution in [0.15, 0.2) is 18.2 Å². The first kappa shape index (κ1) is 15.3. The van der Waals surface area contributed by atoms with Gasteiger partial charge in [-0.25, -0.2) is 4.39 Å². The maximum Gasteiger partial charge on any atom is 0.265 e. The first-order valence-corrected chi connectivity index (χ1v) is 11.3. The first-order valence-electron chi connectivity index (χ1n) is 7.89. The summed E-state index contributed by atoms with van der Waals surface area (Å²) in [6, 6.07) is 7.81. The van der Waals surface area contributed by atoms with Crippen LogP contribution >= 0.6 is 0 Å². The molecule has 0 spiro atoms. The maximum atomic E-state index is 14.2. The van der Waals surface area contributed by atoms with Crippen LogP contribution in [-0.4, -0.2) is 18.5 Å². The van der Waals surface area contributed by atoms with Gasteiger partial charge < -0.3 is 10.3 Å². The molecule has 1 saturated heterocycles. The van der Waals surface area contributed by atoms with E-state index in [1.807, 2.05) is 17.6 Å². The van der Waals surface area contributed by atoms with Gasteiger partial charge >= 0.3 is 0 Å². The number of hydrogen-bond acceptors (Lipinski definition) is 1. The Kier molecular flexibility index (Phi) is 3.63. The van der Waals surface area contributed by atoms with Crippen molar-refractivity contribution in [2.75, 3.05) is 0 Å². The van der Waals surface area contributed by atoms with Crippen molar-refractivity contribution in [1.29, 1.82) is 0 Å². The van der Waals surface area contributed by atoms with Crippen LogP contribution in [0.1, 0.15) is 34.9 Å². The summed E-state index contributed by atoms with van der Waals surface area (Å²) in [6.45, 7) is 6.70. The third-order valence-electron chi connectivity index (χ3n) is 4.98. The average Bonchev–Trinajstić information content (AvgIpc) is 2.78. The summed E-state index contributed by atoms with van der Waals surface area (Å²) in [6.07, 6.45) is 2.11. The Morgan fingerprint density at radius 3 is 2.50 bits per heavy atom. The Labute approximate surface area is 131 Å².